The maximum atomic E-state index is 12.8. The van der Waals surface area contributed by atoms with Crippen LogP contribution in [0.4, 0.5) is 18.9 Å². The largest absolute Gasteiger partial charge is 0.496 e. The minimum Gasteiger partial charge on any atom is -0.496 e. The van der Waals surface area contributed by atoms with Crippen molar-refractivity contribution in [3.63, 3.8) is 0 Å². The normalized spacial score (nSPS) is 14.6. The molecule has 0 unspecified atom stereocenters. The molecule has 0 saturated carbocycles. The Bertz CT molecular complexity index is 924. The van der Waals surface area contributed by atoms with Crippen LogP contribution in [0.5, 0.6) is 5.75 Å². The average molecular weight is 385 g/mol. The van der Waals surface area contributed by atoms with Crippen LogP contribution in [0.1, 0.15) is 29.5 Å². The van der Waals surface area contributed by atoms with Crippen molar-refractivity contribution in [3.8, 4) is 5.75 Å². The molecule has 0 spiro atoms. The second-order valence-electron chi connectivity index (χ2n) is 6.11. The maximum absolute atomic E-state index is 12.8. The number of nitrogens with one attached hydrogen (secondary N) is 1. The number of rotatable bonds is 4. The van der Waals surface area contributed by atoms with E-state index in [0.717, 1.165) is 30.5 Å². The van der Waals surface area contributed by atoms with Gasteiger partial charge in [0.2, 0.25) is 0 Å². The van der Waals surface area contributed by atoms with Gasteiger partial charge in [0.25, 0.3) is 10.0 Å². The number of methoxy groups -OCH3 is 1. The van der Waals surface area contributed by atoms with Crippen molar-refractivity contribution in [3.05, 3.63) is 53.1 Å². The summed E-state index contributed by atoms with van der Waals surface area (Å²) in [6.45, 7) is 0. The molecule has 0 aliphatic heterocycles. The predicted octanol–water partition coefficient (Wildman–Crippen LogP) is 4.39. The molecule has 1 N–H and O–H groups in total. The highest BCUT2D eigenvalue weighted by molar-refractivity contribution is 7.92. The lowest BCUT2D eigenvalue weighted by Gasteiger charge is -2.22. The molecule has 2 aromatic rings. The number of ether oxygens (including phenoxy) is 1. The van der Waals surface area contributed by atoms with Crippen LogP contribution in [0.15, 0.2) is 41.3 Å². The van der Waals surface area contributed by atoms with Gasteiger partial charge < -0.3 is 4.74 Å². The van der Waals surface area contributed by atoms with Gasteiger partial charge in [-0.25, -0.2) is 8.42 Å². The number of fused-ring (bicyclic) bond motifs is 1. The average Bonchev–Trinajstić information content (AvgIpc) is 2.59. The molecule has 3 rings (SSSR count). The fraction of sp³-hybridized carbons (Fsp3) is 0.333. The summed E-state index contributed by atoms with van der Waals surface area (Å²) in [4.78, 5) is 0.0883. The van der Waals surface area contributed by atoms with Crippen molar-refractivity contribution in [2.75, 3.05) is 11.8 Å². The molecule has 2 aromatic carbocycles. The molecule has 140 valence electrons. The third kappa shape index (κ3) is 3.65. The van der Waals surface area contributed by atoms with Crippen LogP contribution in [0.25, 0.3) is 0 Å². The first-order valence-corrected chi connectivity index (χ1v) is 9.59. The first-order chi connectivity index (χ1) is 12.2. The summed E-state index contributed by atoms with van der Waals surface area (Å²) in [5.74, 6) is 0.637. The fourth-order valence-corrected chi connectivity index (χ4v) is 4.56. The fourth-order valence-electron chi connectivity index (χ4n) is 3.21. The van der Waals surface area contributed by atoms with Gasteiger partial charge in [-0.05, 0) is 67.1 Å². The molecule has 4 nitrogen and oxygen atoms in total. The number of benzene rings is 2. The van der Waals surface area contributed by atoms with Crippen LogP contribution < -0.4 is 9.46 Å². The van der Waals surface area contributed by atoms with E-state index in [0.29, 0.717) is 24.2 Å². The molecule has 8 heteroatoms. The van der Waals surface area contributed by atoms with Gasteiger partial charge in [-0.2, -0.15) is 13.2 Å². The molecule has 0 radical (unpaired) electrons. The van der Waals surface area contributed by atoms with Crippen molar-refractivity contribution in [2.24, 2.45) is 0 Å². The van der Waals surface area contributed by atoms with Gasteiger partial charge in [-0.3, -0.25) is 4.72 Å². The maximum Gasteiger partial charge on any atom is 0.416 e. The van der Waals surface area contributed by atoms with Crippen molar-refractivity contribution >= 4 is 15.7 Å². The third-order valence-electron chi connectivity index (χ3n) is 4.40. The van der Waals surface area contributed by atoms with E-state index in [-0.39, 0.29) is 10.6 Å². The lowest BCUT2D eigenvalue weighted by atomic mass is 9.91. The van der Waals surface area contributed by atoms with Gasteiger partial charge >= 0.3 is 6.18 Å². The Morgan fingerprint density at radius 3 is 2.38 bits per heavy atom. The quantitative estimate of drug-likeness (QED) is 0.849. The molecule has 0 amide bonds. The van der Waals surface area contributed by atoms with Crippen molar-refractivity contribution in [2.45, 2.75) is 36.8 Å². The number of anilines is 1. The Hall–Kier alpha value is -2.22. The zero-order valence-corrected chi connectivity index (χ0v) is 14.9. The number of halogens is 3. The molecule has 0 fully saturated rings. The lowest BCUT2D eigenvalue weighted by Crippen LogP contribution is -2.18. The highest BCUT2D eigenvalue weighted by Crippen LogP contribution is 2.35. The molecule has 1 aliphatic carbocycles. The predicted molar refractivity (Wildman–Crippen MR) is 91.9 cm³/mol. The van der Waals surface area contributed by atoms with E-state index >= 15 is 0 Å². The molecular weight excluding hydrogens is 367 g/mol. The van der Waals surface area contributed by atoms with Gasteiger partial charge in [0.1, 0.15) is 5.75 Å². The Morgan fingerprint density at radius 1 is 1.04 bits per heavy atom. The van der Waals surface area contributed by atoms with E-state index < -0.39 is 21.8 Å². The van der Waals surface area contributed by atoms with E-state index in [1.165, 1.54) is 25.3 Å². The van der Waals surface area contributed by atoms with Crippen LogP contribution >= 0.6 is 0 Å². The van der Waals surface area contributed by atoms with E-state index in [9.17, 15) is 21.6 Å². The number of hydrogen-bond acceptors (Lipinski definition) is 3. The summed E-state index contributed by atoms with van der Waals surface area (Å²) in [5, 5.41) is 0. The first-order valence-electron chi connectivity index (χ1n) is 8.11. The van der Waals surface area contributed by atoms with Crippen LogP contribution in [0, 0.1) is 0 Å². The summed E-state index contributed by atoms with van der Waals surface area (Å²) in [5.41, 5.74) is 0.496. The Labute approximate surface area is 150 Å². The number of sulfonamides is 1. The van der Waals surface area contributed by atoms with Gasteiger partial charge in [-0.15, -0.1) is 0 Å². The van der Waals surface area contributed by atoms with Gasteiger partial charge in [0.05, 0.1) is 17.6 Å². The SMILES string of the molecule is COc1ccc(S(=O)(=O)Nc2cccc(C(F)(F)F)c2)c2c1CCCC2. The Kier molecular flexibility index (Phi) is 4.88. The van der Waals surface area contributed by atoms with Gasteiger partial charge in [0.15, 0.2) is 0 Å². The van der Waals surface area contributed by atoms with Crippen LogP contribution in [0.3, 0.4) is 0 Å². The zero-order valence-electron chi connectivity index (χ0n) is 14.1. The minimum atomic E-state index is -4.54. The summed E-state index contributed by atoms with van der Waals surface area (Å²) < 4.78 is 71.7. The molecule has 0 aromatic heterocycles. The molecule has 0 heterocycles. The van der Waals surface area contributed by atoms with Crippen molar-refractivity contribution < 1.29 is 26.3 Å². The zero-order chi connectivity index (χ0) is 18.9. The van der Waals surface area contributed by atoms with Gasteiger partial charge in [0, 0.05) is 5.69 Å². The molecular formula is C18H18F3NO3S. The van der Waals surface area contributed by atoms with Crippen LogP contribution in [-0.2, 0) is 29.0 Å². The molecule has 0 bridgehead atoms. The number of hydrogen-bond donors (Lipinski definition) is 1. The second kappa shape index (κ2) is 6.83. The minimum absolute atomic E-state index is 0.0883. The van der Waals surface area contributed by atoms with E-state index in [1.807, 2.05) is 0 Å². The smallest absolute Gasteiger partial charge is 0.416 e. The standard InChI is InChI=1S/C18H18F3NO3S/c1-25-16-9-10-17(15-8-3-2-7-14(15)16)26(23,24)22-13-6-4-5-12(11-13)18(19,20)21/h4-6,9-11,22H,2-3,7-8H2,1H3. The summed E-state index contributed by atoms with van der Waals surface area (Å²) >= 11 is 0. The highest BCUT2D eigenvalue weighted by atomic mass is 32.2. The molecule has 0 atom stereocenters. The molecule has 26 heavy (non-hydrogen) atoms. The molecule has 0 saturated heterocycles. The monoisotopic (exact) mass is 385 g/mol. The van der Waals surface area contributed by atoms with Gasteiger partial charge in [-0.1, -0.05) is 6.07 Å². The Morgan fingerprint density at radius 2 is 1.73 bits per heavy atom. The van der Waals surface area contributed by atoms with E-state index in [2.05, 4.69) is 4.72 Å². The topological polar surface area (TPSA) is 55.4 Å². The first kappa shape index (κ1) is 18.6. The van der Waals surface area contributed by atoms with Crippen LogP contribution in [-0.4, -0.2) is 15.5 Å². The molecule has 1 aliphatic rings. The van der Waals surface area contributed by atoms with E-state index in [1.54, 1.807) is 6.07 Å². The lowest BCUT2D eigenvalue weighted by molar-refractivity contribution is -0.137. The van der Waals surface area contributed by atoms with Crippen molar-refractivity contribution in [1.29, 1.82) is 0 Å². The van der Waals surface area contributed by atoms with E-state index in [4.69, 9.17) is 4.74 Å². The number of alkyl halides is 3. The second-order valence-corrected chi connectivity index (χ2v) is 7.77. The van der Waals surface area contributed by atoms with Crippen LogP contribution in [0.2, 0.25) is 0 Å². The van der Waals surface area contributed by atoms with Crippen molar-refractivity contribution in [1.82, 2.24) is 0 Å². The highest BCUT2D eigenvalue weighted by Gasteiger charge is 2.31. The summed E-state index contributed by atoms with van der Waals surface area (Å²) in [7, 11) is -2.49. The summed E-state index contributed by atoms with van der Waals surface area (Å²) in [6.07, 6.45) is -1.45. The Balaban J connectivity index is 2.00. The third-order valence-corrected chi connectivity index (χ3v) is 5.87. The summed E-state index contributed by atoms with van der Waals surface area (Å²) in [6, 6.07) is 7.18.